The monoisotopic (exact) mass is 1010 g/mol. The van der Waals surface area contributed by atoms with Crippen LogP contribution in [-0.4, -0.2) is 9.13 Å². The van der Waals surface area contributed by atoms with E-state index >= 15 is 26.3 Å². The van der Waals surface area contributed by atoms with Crippen LogP contribution >= 0.6 is 0 Å². The van der Waals surface area contributed by atoms with Crippen molar-refractivity contribution in [2.75, 3.05) is 0 Å². The molecule has 0 unspecified atom stereocenters. The summed E-state index contributed by atoms with van der Waals surface area (Å²) in [6.07, 6.45) is -10.5. The summed E-state index contributed by atoms with van der Waals surface area (Å²) in [5, 5.41) is 14.0. The van der Waals surface area contributed by atoms with Crippen LogP contribution in [0.25, 0.3) is 111 Å². The van der Waals surface area contributed by atoms with Gasteiger partial charge in [0.1, 0.15) is 0 Å². The van der Waals surface area contributed by atoms with E-state index in [0.29, 0.717) is 55.7 Å². The summed E-state index contributed by atoms with van der Waals surface area (Å²) in [5.74, 6) is 0. The topological polar surface area (TPSA) is 33.6 Å². The number of nitriles is 1. The van der Waals surface area contributed by atoms with E-state index in [1.165, 1.54) is 12.1 Å². The van der Waals surface area contributed by atoms with Crippen molar-refractivity contribution in [3.05, 3.63) is 239 Å². The number of hydrogen-bond acceptors (Lipinski definition) is 1. The average Bonchev–Trinajstić information content (AvgIpc) is 3.92. The van der Waals surface area contributed by atoms with Gasteiger partial charge in [0.05, 0.1) is 56.2 Å². The van der Waals surface area contributed by atoms with Crippen molar-refractivity contribution in [1.29, 1.82) is 5.26 Å². The van der Waals surface area contributed by atoms with E-state index in [4.69, 9.17) is 0 Å². The summed E-state index contributed by atoms with van der Waals surface area (Å²) >= 11 is 0. The number of alkyl halides is 6. The Hall–Kier alpha value is -9.13. The molecule has 9 heteroatoms. The maximum absolute atomic E-state index is 16.1. The third-order valence-corrected chi connectivity index (χ3v) is 14.7. The molecule has 0 saturated carbocycles. The minimum absolute atomic E-state index is 0.0190. The summed E-state index contributed by atoms with van der Waals surface area (Å²) in [5.41, 5.74) is 8.31. The van der Waals surface area contributed by atoms with E-state index in [9.17, 15) is 5.26 Å². The van der Waals surface area contributed by atoms with E-state index in [1.807, 2.05) is 198 Å². The van der Waals surface area contributed by atoms with Gasteiger partial charge in [-0.15, -0.1) is 0 Å². The first-order valence-corrected chi connectivity index (χ1v) is 24.8. The Balaban J connectivity index is 1.31. The molecule has 76 heavy (non-hydrogen) atoms. The van der Waals surface area contributed by atoms with E-state index in [-0.39, 0.29) is 22.5 Å². The molecule has 0 amide bonds. The number of benzene rings is 10. The fourth-order valence-corrected chi connectivity index (χ4v) is 10.8. The normalized spacial score (nSPS) is 12.1. The molecule has 12 aromatic rings. The molecule has 2 aromatic heterocycles. The fraction of sp³-hybridized carbons (Fsp3) is 0.0896. The summed E-state index contributed by atoms with van der Waals surface area (Å²) in [6.45, 7) is 7.93. The molecule has 0 aliphatic heterocycles. The number of nitrogens with zero attached hydrogens (tertiary/aromatic N) is 3. The molecular weight excluding hydrogens is 961 g/mol. The summed E-state index contributed by atoms with van der Waals surface area (Å²) in [6, 6.07) is 62.5. The maximum atomic E-state index is 16.1. The molecule has 0 aliphatic rings. The Kier molecular flexibility index (Phi) is 11.4. The van der Waals surface area contributed by atoms with Gasteiger partial charge in [-0.3, -0.25) is 0 Å². The summed E-state index contributed by atoms with van der Waals surface area (Å²) < 4.78 is 99.8. The minimum atomic E-state index is -5.27. The Morgan fingerprint density at radius 2 is 0.592 bits per heavy atom. The van der Waals surface area contributed by atoms with Gasteiger partial charge >= 0.3 is 12.4 Å². The van der Waals surface area contributed by atoms with E-state index in [1.54, 1.807) is 9.13 Å². The number of rotatable bonds is 7. The SMILES string of the molecule is Cc1ccc(-c2ccc3c4ccc(-c5ccc(C)cc5)cc4n(-c4cc(C#N)cc(-n5c6cc(-c7ccc(C)cc7)ccc6c6ccc(-c7ccc(C)cc7)cc65)c4-c4c(C(F)(F)F)cccc4C(F)(F)F)c3c2)cc1. The van der Waals surface area contributed by atoms with Crippen LogP contribution in [0.3, 0.4) is 0 Å². The van der Waals surface area contributed by atoms with Crippen LogP contribution in [0.5, 0.6) is 0 Å². The van der Waals surface area contributed by atoms with Gasteiger partial charge in [-0.1, -0.05) is 174 Å². The second kappa shape index (κ2) is 18.1. The molecule has 0 aliphatic carbocycles. The first-order valence-electron chi connectivity index (χ1n) is 24.8. The van der Waals surface area contributed by atoms with Crippen molar-refractivity contribution >= 4 is 43.6 Å². The highest BCUT2D eigenvalue weighted by molar-refractivity contribution is 6.14. The lowest BCUT2D eigenvalue weighted by atomic mass is 9.89. The van der Waals surface area contributed by atoms with E-state index in [0.717, 1.165) is 72.8 Å². The molecule has 3 nitrogen and oxygen atoms in total. The lowest BCUT2D eigenvalue weighted by Gasteiger charge is -2.26. The van der Waals surface area contributed by atoms with E-state index < -0.39 is 29.0 Å². The molecule has 0 radical (unpaired) electrons. The lowest BCUT2D eigenvalue weighted by molar-refractivity contribution is -0.142. The molecule has 0 N–H and O–H groups in total. The van der Waals surface area contributed by atoms with Crippen LogP contribution in [-0.2, 0) is 12.4 Å². The van der Waals surface area contributed by atoms with Crippen LogP contribution in [0, 0.1) is 39.0 Å². The largest absolute Gasteiger partial charge is 0.417 e. The van der Waals surface area contributed by atoms with Gasteiger partial charge in [0.2, 0.25) is 0 Å². The van der Waals surface area contributed by atoms with Crippen LogP contribution in [0.15, 0.2) is 200 Å². The number of aromatic nitrogens is 2. The molecule has 0 fully saturated rings. The van der Waals surface area contributed by atoms with Crippen molar-refractivity contribution < 1.29 is 26.3 Å². The molecule has 2 heterocycles. The quantitative estimate of drug-likeness (QED) is 0.147. The second-order valence-corrected chi connectivity index (χ2v) is 19.8. The molecule has 0 bridgehead atoms. The smallest absolute Gasteiger partial charge is 0.308 e. The molecule has 0 spiro atoms. The van der Waals surface area contributed by atoms with Gasteiger partial charge in [-0.25, -0.2) is 0 Å². The number of fused-ring (bicyclic) bond motifs is 6. The Bertz CT molecular complexity index is 3850. The van der Waals surface area contributed by atoms with Crippen molar-refractivity contribution in [2.24, 2.45) is 0 Å². The van der Waals surface area contributed by atoms with Crippen molar-refractivity contribution in [3.63, 3.8) is 0 Å². The molecule has 370 valence electrons. The number of halogens is 6. The third-order valence-electron chi connectivity index (χ3n) is 14.7. The summed E-state index contributed by atoms with van der Waals surface area (Å²) in [4.78, 5) is 0. The van der Waals surface area contributed by atoms with Crippen LogP contribution in [0.1, 0.15) is 38.9 Å². The predicted molar refractivity (Wildman–Crippen MR) is 296 cm³/mol. The van der Waals surface area contributed by atoms with Gasteiger partial charge < -0.3 is 9.13 Å². The Morgan fingerprint density at radius 1 is 0.329 bits per heavy atom. The molecule has 0 atom stereocenters. The van der Waals surface area contributed by atoms with Crippen molar-refractivity contribution in [2.45, 2.75) is 40.0 Å². The van der Waals surface area contributed by atoms with Gasteiger partial charge in [0.15, 0.2) is 0 Å². The van der Waals surface area contributed by atoms with E-state index in [2.05, 4.69) is 6.07 Å². The van der Waals surface area contributed by atoms with Crippen molar-refractivity contribution in [1.82, 2.24) is 9.13 Å². The zero-order chi connectivity index (χ0) is 52.8. The average molecular weight is 1010 g/mol. The van der Waals surface area contributed by atoms with Crippen LogP contribution < -0.4 is 0 Å². The zero-order valence-electron chi connectivity index (χ0n) is 41.7. The highest BCUT2D eigenvalue weighted by Gasteiger charge is 2.43. The van der Waals surface area contributed by atoms with Gasteiger partial charge in [0.25, 0.3) is 0 Å². The van der Waals surface area contributed by atoms with Gasteiger partial charge in [-0.05, 0) is 121 Å². The highest BCUT2D eigenvalue weighted by Crippen LogP contribution is 2.51. The summed E-state index contributed by atoms with van der Waals surface area (Å²) in [7, 11) is 0. The standard InChI is InChI=1S/C67H45F6N3/c1-39-8-16-44(17-9-39)48-24-28-52-53-29-25-49(45-18-10-40(2)11-19-45)35-59(53)75(58(52)34-48)62-32-43(38-74)33-63(65(62)64-56(66(68,69)70)6-5-7-57(64)67(71,72)73)76-60-36-50(46-20-12-41(3)13-21-46)26-30-54(60)55-31-27-51(37-61(55)76)47-22-14-42(4)15-23-47/h5-37H,1-4H3. The van der Waals surface area contributed by atoms with Crippen LogP contribution in [0.4, 0.5) is 26.3 Å². The molecule has 0 saturated heterocycles. The zero-order valence-corrected chi connectivity index (χ0v) is 41.7. The Labute approximate surface area is 434 Å². The first kappa shape index (κ1) is 47.8. The Morgan fingerprint density at radius 3 is 0.842 bits per heavy atom. The first-order chi connectivity index (χ1) is 36.5. The van der Waals surface area contributed by atoms with Gasteiger partial charge in [-0.2, -0.15) is 31.6 Å². The molecular formula is C67H45F6N3. The number of hydrogen-bond donors (Lipinski definition) is 0. The number of aryl methyl sites for hydroxylation is 4. The predicted octanol–water partition coefficient (Wildman–Crippen LogP) is 19.4. The minimum Gasteiger partial charge on any atom is -0.308 e. The fourth-order valence-electron chi connectivity index (χ4n) is 10.8. The van der Waals surface area contributed by atoms with Gasteiger partial charge in [0, 0.05) is 32.7 Å². The molecule has 10 aromatic carbocycles. The second-order valence-electron chi connectivity index (χ2n) is 19.8. The van der Waals surface area contributed by atoms with Crippen LogP contribution in [0.2, 0.25) is 0 Å². The lowest BCUT2D eigenvalue weighted by Crippen LogP contribution is -2.16. The highest BCUT2D eigenvalue weighted by atomic mass is 19.4. The third kappa shape index (κ3) is 8.27. The van der Waals surface area contributed by atoms with Crippen molar-refractivity contribution in [3.8, 4) is 73.1 Å². The molecule has 12 rings (SSSR count). The maximum Gasteiger partial charge on any atom is 0.417 e.